The van der Waals surface area contributed by atoms with Crippen LogP contribution in [0.5, 0.6) is 5.75 Å². The number of nitrogens with zero attached hydrogens (tertiary/aromatic N) is 1. The van der Waals surface area contributed by atoms with E-state index >= 15 is 0 Å². The topological polar surface area (TPSA) is 83.9 Å². The van der Waals surface area contributed by atoms with Gasteiger partial charge in [-0.1, -0.05) is 12.1 Å². The summed E-state index contributed by atoms with van der Waals surface area (Å²) in [5, 5.41) is 8.77. The fraction of sp³-hybridized carbons (Fsp3) is 0.462. The second-order valence-corrected chi connectivity index (χ2v) is 6.67. The van der Waals surface area contributed by atoms with Crippen LogP contribution in [-0.2, 0) is 14.8 Å². The summed E-state index contributed by atoms with van der Waals surface area (Å²) >= 11 is 0. The summed E-state index contributed by atoms with van der Waals surface area (Å²) in [5.41, 5.74) is 0. The number of para-hydroxylation sites is 1. The van der Waals surface area contributed by atoms with Gasteiger partial charge in [-0.05, 0) is 24.5 Å². The van der Waals surface area contributed by atoms with Crippen LogP contribution >= 0.6 is 0 Å². The number of methoxy groups -OCH3 is 1. The van der Waals surface area contributed by atoms with Gasteiger partial charge in [0.05, 0.1) is 7.11 Å². The molecular formula is C13H17NO5S. The third-order valence-corrected chi connectivity index (χ3v) is 5.30. The summed E-state index contributed by atoms with van der Waals surface area (Å²) in [6, 6.07) is 6.44. The van der Waals surface area contributed by atoms with E-state index in [0.717, 1.165) is 0 Å². The highest BCUT2D eigenvalue weighted by Crippen LogP contribution is 2.30. The predicted molar refractivity (Wildman–Crippen MR) is 72.1 cm³/mol. The van der Waals surface area contributed by atoms with Crippen molar-refractivity contribution in [3.63, 3.8) is 0 Å². The second-order valence-electron chi connectivity index (χ2n) is 4.77. The SMILES string of the molecule is COc1ccccc1S(=O)(=O)N1CCC(CC(=O)O)C1. The molecule has 0 bridgehead atoms. The molecular weight excluding hydrogens is 282 g/mol. The average molecular weight is 299 g/mol. The molecule has 0 spiro atoms. The number of hydrogen-bond donors (Lipinski definition) is 1. The molecule has 1 unspecified atom stereocenters. The Kier molecular flexibility index (Phi) is 4.29. The maximum Gasteiger partial charge on any atom is 0.303 e. The Morgan fingerprint density at radius 2 is 2.15 bits per heavy atom. The van der Waals surface area contributed by atoms with E-state index in [4.69, 9.17) is 9.84 Å². The summed E-state index contributed by atoms with van der Waals surface area (Å²) in [7, 11) is -2.21. The Hall–Kier alpha value is -1.60. The Balaban J connectivity index is 2.22. The van der Waals surface area contributed by atoms with Crippen molar-refractivity contribution >= 4 is 16.0 Å². The first-order chi connectivity index (χ1) is 9.45. The number of aliphatic carboxylic acids is 1. The zero-order valence-electron chi connectivity index (χ0n) is 11.2. The maximum absolute atomic E-state index is 12.5. The predicted octanol–water partition coefficient (Wildman–Crippen LogP) is 1.18. The molecule has 0 radical (unpaired) electrons. The highest BCUT2D eigenvalue weighted by molar-refractivity contribution is 7.89. The molecule has 1 aliphatic rings. The van der Waals surface area contributed by atoms with E-state index < -0.39 is 16.0 Å². The number of carbonyl (C=O) groups is 1. The van der Waals surface area contributed by atoms with Crippen LogP contribution in [0.2, 0.25) is 0 Å². The summed E-state index contributed by atoms with van der Waals surface area (Å²) < 4.78 is 31.5. The van der Waals surface area contributed by atoms with Crippen LogP contribution in [0.3, 0.4) is 0 Å². The third kappa shape index (κ3) is 2.94. The molecule has 1 heterocycles. The Morgan fingerprint density at radius 1 is 1.45 bits per heavy atom. The molecule has 110 valence electrons. The Bertz CT molecular complexity index is 599. The molecule has 1 atom stereocenters. The van der Waals surface area contributed by atoms with Gasteiger partial charge in [0.15, 0.2) is 0 Å². The van der Waals surface area contributed by atoms with Crippen LogP contribution in [0.15, 0.2) is 29.2 Å². The van der Waals surface area contributed by atoms with E-state index in [9.17, 15) is 13.2 Å². The lowest BCUT2D eigenvalue weighted by Crippen LogP contribution is -2.29. The van der Waals surface area contributed by atoms with E-state index in [1.807, 2.05) is 0 Å². The highest BCUT2D eigenvalue weighted by Gasteiger charge is 2.34. The number of rotatable bonds is 5. The van der Waals surface area contributed by atoms with Crippen molar-refractivity contribution in [3.8, 4) is 5.75 Å². The molecule has 0 amide bonds. The van der Waals surface area contributed by atoms with E-state index in [2.05, 4.69) is 0 Å². The van der Waals surface area contributed by atoms with Gasteiger partial charge in [-0.15, -0.1) is 0 Å². The Morgan fingerprint density at radius 3 is 2.80 bits per heavy atom. The minimum Gasteiger partial charge on any atom is -0.495 e. The minimum atomic E-state index is -3.63. The number of ether oxygens (including phenoxy) is 1. The van der Waals surface area contributed by atoms with E-state index in [1.165, 1.54) is 17.5 Å². The van der Waals surface area contributed by atoms with Crippen LogP contribution in [0.25, 0.3) is 0 Å². The molecule has 0 saturated carbocycles. The summed E-state index contributed by atoms with van der Waals surface area (Å²) in [4.78, 5) is 10.8. The van der Waals surface area contributed by atoms with Crippen LogP contribution in [0, 0.1) is 5.92 Å². The molecule has 0 aromatic heterocycles. The van der Waals surface area contributed by atoms with Gasteiger partial charge in [-0.25, -0.2) is 8.42 Å². The largest absolute Gasteiger partial charge is 0.495 e. The number of carboxylic acids is 1. The molecule has 1 aromatic rings. The first kappa shape index (κ1) is 14.8. The molecule has 2 rings (SSSR count). The smallest absolute Gasteiger partial charge is 0.303 e. The van der Waals surface area contributed by atoms with E-state index in [1.54, 1.807) is 18.2 Å². The van der Waals surface area contributed by atoms with Gasteiger partial charge in [-0.3, -0.25) is 4.79 Å². The fourth-order valence-corrected chi connectivity index (χ4v) is 4.09. The number of hydrogen-bond acceptors (Lipinski definition) is 4. The van der Waals surface area contributed by atoms with Crippen molar-refractivity contribution in [1.82, 2.24) is 4.31 Å². The zero-order valence-corrected chi connectivity index (χ0v) is 12.0. The zero-order chi connectivity index (χ0) is 14.8. The van der Waals surface area contributed by atoms with Gasteiger partial charge in [-0.2, -0.15) is 4.31 Å². The fourth-order valence-electron chi connectivity index (χ4n) is 2.40. The van der Waals surface area contributed by atoms with Gasteiger partial charge >= 0.3 is 5.97 Å². The quantitative estimate of drug-likeness (QED) is 0.882. The van der Waals surface area contributed by atoms with Crippen LogP contribution < -0.4 is 4.74 Å². The average Bonchev–Trinajstić information content (AvgIpc) is 2.87. The van der Waals surface area contributed by atoms with Crippen molar-refractivity contribution < 1.29 is 23.1 Å². The molecule has 0 aliphatic carbocycles. The molecule has 1 fully saturated rings. The van der Waals surface area contributed by atoms with Crippen LogP contribution in [0.1, 0.15) is 12.8 Å². The van der Waals surface area contributed by atoms with Gasteiger partial charge in [0, 0.05) is 19.5 Å². The lowest BCUT2D eigenvalue weighted by Gasteiger charge is -2.18. The number of benzene rings is 1. The molecule has 6 nitrogen and oxygen atoms in total. The molecule has 1 N–H and O–H groups in total. The van der Waals surface area contributed by atoms with Crippen molar-refractivity contribution in [2.24, 2.45) is 5.92 Å². The van der Waals surface area contributed by atoms with E-state index in [-0.39, 0.29) is 23.8 Å². The standard InChI is InChI=1S/C13H17NO5S/c1-19-11-4-2-3-5-12(11)20(17,18)14-7-6-10(9-14)8-13(15)16/h2-5,10H,6-9H2,1H3,(H,15,16). The third-order valence-electron chi connectivity index (χ3n) is 3.40. The first-order valence-electron chi connectivity index (χ1n) is 6.30. The molecule has 1 saturated heterocycles. The van der Waals surface area contributed by atoms with Crippen molar-refractivity contribution in [2.75, 3.05) is 20.2 Å². The van der Waals surface area contributed by atoms with Crippen LogP contribution in [-0.4, -0.2) is 44.0 Å². The second kappa shape index (κ2) is 5.80. The van der Waals surface area contributed by atoms with Crippen molar-refractivity contribution in [2.45, 2.75) is 17.7 Å². The molecule has 20 heavy (non-hydrogen) atoms. The van der Waals surface area contributed by atoms with Crippen molar-refractivity contribution in [1.29, 1.82) is 0 Å². The lowest BCUT2D eigenvalue weighted by atomic mass is 10.1. The monoisotopic (exact) mass is 299 g/mol. The van der Waals surface area contributed by atoms with Gasteiger partial charge in [0.2, 0.25) is 10.0 Å². The normalized spacial score (nSPS) is 19.9. The van der Waals surface area contributed by atoms with E-state index in [0.29, 0.717) is 18.7 Å². The summed E-state index contributed by atoms with van der Waals surface area (Å²) in [6.45, 7) is 0.588. The summed E-state index contributed by atoms with van der Waals surface area (Å²) in [5.74, 6) is -0.724. The number of carboxylic acid groups (broad SMARTS) is 1. The Labute approximate surface area is 118 Å². The first-order valence-corrected chi connectivity index (χ1v) is 7.74. The van der Waals surface area contributed by atoms with Crippen LogP contribution in [0.4, 0.5) is 0 Å². The number of sulfonamides is 1. The maximum atomic E-state index is 12.5. The van der Waals surface area contributed by atoms with Crippen molar-refractivity contribution in [3.05, 3.63) is 24.3 Å². The van der Waals surface area contributed by atoms with Gasteiger partial charge in [0.25, 0.3) is 0 Å². The van der Waals surface area contributed by atoms with Gasteiger partial charge < -0.3 is 9.84 Å². The summed E-state index contributed by atoms with van der Waals surface area (Å²) in [6.07, 6.45) is 0.568. The molecule has 7 heteroatoms. The minimum absolute atomic E-state index is 0.00204. The highest BCUT2D eigenvalue weighted by atomic mass is 32.2. The van der Waals surface area contributed by atoms with Gasteiger partial charge in [0.1, 0.15) is 10.6 Å². The lowest BCUT2D eigenvalue weighted by molar-refractivity contribution is -0.137. The molecule has 1 aromatic carbocycles. The molecule has 1 aliphatic heterocycles.